The standard InChI is InChI=1S/C12H12BrN3O2/c1-16-7-14-6-10(16)11(12(17)18)15-9-4-2-3-8(13)5-9/h2-7,11,15H,1H3,(H,17,18). The lowest BCUT2D eigenvalue weighted by Gasteiger charge is -2.16. The Bertz CT molecular complexity index is 568. The third-order valence-corrected chi connectivity index (χ3v) is 3.03. The molecule has 0 fully saturated rings. The molecule has 2 rings (SSSR count). The average molecular weight is 310 g/mol. The van der Waals surface area contributed by atoms with Gasteiger partial charge in [-0.2, -0.15) is 0 Å². The maximum atomic E-state index is 11.3. The zero-order valence-corrected chi connectivity index (χ0v) is 11.3. The van der Waals surface area contributed by atoms with Crippen molar-refractivity contribution in [2.75, 3.05) is 5.32 Å². The molecule has 5 nitrogen and oxygen atoms in total. The van der Waals surface area contributed by atoms with E-state index in [2.05, 4.69) is 26.2 Å². The van der Waals surface area contributed by atoms with Crippen LogP contribution in [0.3, 0.4) is 0 Å². The largest absolute Gasteiger partial charge is 0.479 e. The van der Waals surface area contributed by atoms with E-state index in [0.29, 0.717) is 5.69 Å². The maximum Gasteiger partial charge on any atom is 0.332 e. The van der Waals surface area contributed by atoms with Crippen molar-refractivity contribution >= 4 is 27.6 Å². The lowest BCUT2D eigenvalue weighted by Crippen LogP contribution is -2.22. The summed E-state index contributed by atoms with van der Waals surface area (Å²) in [6, 6.07) is 6.54. The molecule has 2 aromatic rings. The van der Waals surface area contributed by atoms with Crippen molar-refractivity contribution < 1.29 is 9.90 Å². The minimum atomic E-state index is -0.946. The minimum absolute atomic E-state index is 0.600. The summed E-state index contributed by atoms with van der Waals surface area (Å²) in [7, 11) is 1.76. The van der Waals surface area contributed by atoms with E-state index in [1.807, 2.05) is 24.3 Å². The van der Waals surface area contributed by atoms with Crippen LogP contribution in [0.15, 0.2) is 41.3 Å². The lowest BCUT2D eigenvalue weighted by atomic mass is 10.2. The first-order valence-corrected chi connectivity index (χ1v) is 6.08. The maximum absolute atomic E-state index is 11.3. The molecule has 1 aromatic heterocycles. The summed E-state index contributed by atoms with van der Waals surface area (Å²) in [5, 5.41) is 12.3. The summed E-state index contributed by atoms with van der Waals surface area (Å²) >= 11 is 3.35. The second-order valence-corrected chi connectivity index (χ2v) is 4.77. The van der Waals surface area contributed by atoms with Crippen LogP contribution < -0.4 is 5.32 Å². The summed E-state index contributed by atoms with van der Waals surface area (Å²) < 4.78 is 2.57. The van der Waals surface area contributed by atoms with E-state index in [1.54, 1.807) is 24.1 Å². The molecule has 1 aromatic carbocycles. The quantitative estimate of drug-likeness (QED) is 0.910. The second kappa shape index (κ2) is 5.22. The number of aryl methyl sites for hydroxylation is 1. The number of carboxylic acids is 1. The molecule has 18 heavy (non-hydrogen) atoms. The summed E-state index contributed by atoms with van der Waals surface area (Å²) in [4.78, 5) is 15.3. The minimum Gasteiger partial charge on any atom is -0.479 e. The number of aliphatic carboxylic acids is 1. The van der Waals surface area contributed by atoms with Crippen molar-refractivity contribution in [1.29, 1.82) is 0 Å². The van der Waals surface area contributed by atoms with Crippen molar-refractivity contribution in [2.24, 2.45) is 7.05 Å². The Morgan fingerprint density at radius 1 is 1.56 bits per heavy atom. The highest BCUT2D eigenvalue weighted by Crippen LogP contribution is 2.22. The molecule has 0 radical (unpaired) electrons. The Morgan fingerprint density at radius 2 is 2.33 bits per heavy atom. The highest BCUT2D eigenvalue weighted by Gasteiger charge is 2.22. The van der Waals surface area contributed by atoms with Crippen LogP contribution in [0.25, 0.3) is 0 Å². The smallest absolute Gasteiger partial charge is 0.332 e. The van der Waals surface area contributed by atoms with E-state index in [4.69, 9.17) is 0 Å². The predicted octanol–water partition coefficient (Wildman–Crippen LogP) is 2.42. The third-order valence-electron chi connectivity index (χ3n) is 2.53. The van der Waals surface area contributed by atoms with Crippen LogP contribution in [0, 0.1) is 0 Å². The van der Waals surface area contributed by atoms with Gasteiger partial charge in [0.05, 0.1) is 18.2 Å². The molecule has 0 aliphatic rings. The van der Waals surface area contributed by atoms with Crippen LogP contribution in [-0.2, 0) is 11.8 Å². The van der Waals surface area contributed by atoms with Crippen LogP contribution in [0.1, 0.15) is 11.7 Å². The van der Waals surface area contributed by atoms with Crippen molar-refractivity contribution in [2.45, 2.75) is 6.04 Å². The van der Waals surface area contributed by atoms with Crippen molar-refractivity contribution in [1.82, 2.24) is 9.55 Å². The molecule has 1 heterocycles. The van der Waals surface area contributed by atoms with Gasteiger partial charge in [-0.15, -0.1) is 0 Å². The first-order chi connectivity index (χ1) is 8.58. The van der Waals surface area contributed by atoms with Gasteiger partial charge in [0.1, 0.15) is 0 Å². The highest BCUT2D eigenvalue weighted by atomic mass is 79.9. The van der Waals surface area contributed by atoms with E-state index in [1.165, 1.54) is 0 Å². The molecule has 0 amide bonds. The predicted molar refractivity (Wildman–Crippen MR) is 71.3 cm³/mol. The second-order valence-electron chi connectivity index (χ2n) is 3.86. The Balaban J connectivity index is 2.28. The first kappa shape index (κ1) is 12.6. The summed E-state index contributed by atoms with van der Waals surface area (Å²) in [5.74, 6) is -0.946. The number of carbonyl (C=O) groups is 1. The molecule has 94 valence electrons. The highest BCUT2D eigenvalue weighted by molar-refractivity contribution is 9.10. The number of aromatic nitrogens is 2. The summed E-state index contributed by atoms with van der Waals surface area (Å²) in [6.07, 6.45) is 3.12. The van der Waals surface area contributed by atoms with Crippen molar-refractivity contribution in [3.8, 4) is 0 Å². The molecular weight excluding hydrogens is 298 g/mol. The third kappa shape index (κ3) is 2.70. The molecular formula is C12H12BrN3O2. The monoisotopic (exact) mass is 309 g/mol. The van der Waals surface area contributed by atoms with Crippen LogP contribution in [0.4, 0.5) is 5.69 Å². The molecule has 6 heteroatoms. The Labute approximate surface area is 113 Å². The molecule has 0 aliphatic carbocycles. The number of carboxylic acid groups (broad SMARTS) is 1. The van der Waals surface area contributed by atoms with Gasteiger partial charge in [0.25, 0.3) is 0 Å². The van der Waals surface area contributed by atoms with Crippen molar-refractivity contribution in [3.63, 3.8) is 0 Å². The molecule has 0 bridgehead atoms. The van der Waals surface area contributed by atoms with Gasteiger partial charge in [-0.3, -0.25) is 0 Å². The zero-order valence-electron chi connectivity index (χ0n) is 9.67. The van der Waals surface area contributed by atoms with Gasteiger partial charge < -0.3 is 15.0 Å². The lowest BCUT2D eigenvalue weighted by molar-refractivity contribution is -0.138. The molecule has 0 spiro atoms. The average Bonchev–Trinajstić information content (AvgIpc) is 2.72. The molecule has 1 unspecified atom stereocenters. The molecule has 0 aliphatic heterocycles. The topological polar surface area (TPSA) is 67.2 Å². The van der Waals surface area contributed by atoms with E-state index in [0.717, 1.165) is 10.2 Å². The number of nitrogens with zero attached hydrogens (tertiary/aromatic N) is 2. The molecule has 2 N–H and O–H groups in total. The Hall–Kier alpha value is -1.82. The summed E-state index contributed by atoms with van der Waals surface area (Å²) in [5.41, 5.74) is 1.33. The number of imidazole rings is 1. The van der Waals surface area contributed by atoms with Crippen LogP contribution in [0.5, 0.6) is 0 Å². The van der Waals surface area contributed by atoms with E-state index in [-0.39, 0.29) is 0 Å². The summed E-state index contributed by atoms with van der Waals surface area (Å²) in [6.45, 7) is 0. The fraction of sp³-hybridized carbons (Fsp3) is 0.167. The fourth-order valence-corrected chi connectivity index (χ4v) is 2.05. The van der Waals surface area contributed by atoms with Gasteiger partial charge in [-0.05, 0) is 18.2 Å². The number of nitrogens with one attached hydrogen (secondary N) is 1. The van der Waals surface area contributed by atoms with Crippen LogP contribution in [-0.4, -0.2) is 20.6 Å². The van der Waals surface area contributed by atoms with Gasteiger partial charge >= 0.3 is 5.97 Å². The van der Waals surface area contributed by atoms with Gasteiger partial charge in [-0.1, -0.05) is 22.0 Å². The van der Waals surface area contributed by atoms with Gasteiger partial charge in [0.2, 0.25) is 0 Å². The number of benzene rings is 1. The Morgan fingerprint density at radius 3 is 2.89 bits per heavy atom. The fourth-order valence-electron chi connectivity index (χ4n) is 1.65. The SMILES string of the molecule is Cn1cncc1C(Nc1cccc(Br)c1)C(=O)O. The van der Waals surface area contributed by atoms with Crippen LogP contribution >= 0.6 is 15.9 Å². The Kier molecular flexibility index (Phi) is 3.66. The van der Waals surface area contributed by atoms with E-state index in [9.17, 15) is 9.90 Å². The van der Waals surface area contributed by atoms with Gasteiger partial charge in [-0.25, -0.2) is 9.78 Å². The number of hydrogen-bond acceptors (Lipinski definition) is 3. The number of hydrogen-bond donors (Lipinski definition) is 2. The first-order valence-electron chi connectivity index (χ1n) is 5.29. The number of halogens is 1. The van der Waals surface area contributed by atoms with Gasteiger partial charge in [0.15, 0.2) is 6.04 Å². The molecule has 0 saturated carbocycles. The van der Waals surface area contributed by atoms with Crippen LogP contribution in [0.2, 0.25) is 0 Å². The number of rotatable bonds is 4. The van der Waals surface area contributed by atoms with E-state index >= 15 is 0 Å². The van der Waals surface area contributed by atoms with Gasteiger partial charge in [0, 0.05) is 17.2 Å². The normalized spacial score (nSPS) is 12.1. The number of anilines is 1. The van der Waals surface area contributed by atoms with E-state index < -0.39 is 12.0 Å². The zero-order chi connectivity index (χ0) is 13.1. The molecule has 0 saturated heterocycles. The van der Waals surface area contributed by atoms with Crippen molar-refractivity contribution in [3.05, 3.63) is 47.0 Å². The molecule has 1 atom stereocenters.